The summed E-state index contributed by atoms with van der Waals surface area (Å²) >= 11 is 5.75. The Morgan fingerprint density at radius 1 is 0.634 bits per heavy atom. The van der Waals surface area contributed by atoms with Gasteiger partial charge in [0.15, 0.2) is 0 Å². The Kier molecular flexibility index (Phi) is 6.57. The van der Waals surface area contributed by atoms with E-state index in [9.17, 15) is 21.0 Å². The topological polar surface area (TPSA) is 95.2 Å². The Bertz CT molecular complexity index is 1880. The van der Waals surface area contributed by atoms with Gasteiger partial charge in [0, 0.05) is 30.3 Å². The van der Waals surface area contributed by atoms with E-state index in [0.29, 0.717) is 0 Å². The number of allylic oxidation sites excluding steroid dienone is 8. The van der Waals surface area contributed by atoms with Gasteiger partial charge in [0.05, 0.1) is 9.58 Å². The van der Waals surface area contributed by atoms with Crippen molar-refractivity contribution in [2.75, 3.05) is 0 Å². The van der Waals surface area contributed by atoms with Gasteiger partial charge in [0.1, 0.15) is 35.4 Å². The van der Waals surface area contributed by atoms with E-state index in [0.717, 1.165) is 49.7 Å². The van der Waals surface area contributed by atoms with E-state index in [1.54, 1.807) is 5.56 Å². The van der Waals surface area contributed by atoms with Crippen LogP contribution in [0.2, 0.25) is 0 Å². The summed E-state index contributed by atoms with van der Waals surface area (Å²) in [6, 6.07) is 13.2. The lowest BCUT2D eigenvalue weighted by Gasteiger charge is -2.35. The molecule has 1 spiro atoms. The normalized spacial score (nSPS) is 18.9. The van der Waals surface area contributed by atoms with Crippen LogP contribution in [0.1, 0.15) is 91.5 Å². The van der Waals surface area contributed by atoms with Crippen molar-refractivity contribution in [3.05, 3.63) is 67.5 Å². The first-order valence-corrected chi connectivity index (χ1v) is 16.7. The van der Waals surface area contributed by atoms with Crippen molar-refractivity contribution in [2.45, 2.75) is 76.0 Å². The number of nitrogens with zero attached hydrogens (tertiary/aromatic N) is 4. The fraction of sp³-hybridized carbons (Fsp3) is 0.353. The van der Waals surface area contributed by atoms with Gasteiger partial charge in [-0.3, -0.25) is 0 Å². The molecular formula is C34H26N4S3. The van der Waals surface area contributed by atoms with Crippen molar-refractivity contribution in [3.8, 4) is 34.0 Å². The molecule has 4 aliphatic carbocycles. The highest BCUT2D eigenvalue weighted by atomic mass is 32.1. The van der Waals surface area contributed by atoms with Crippen LogP contribution in [-0.4, -0.2) is 0 Å². The number of thiophene rings is 3. The molecule has 4 aliphatic rings. The average molecular weight is 587 g/mol. The smallest absolute Gasteiger partial charge is 0.132 e. The molecule has 0 unspecified atom stereocenters. The molecule has 200 valence electrons. The molecule has 41 heavy (non-hydrogen) atoms. The molecule has 0 amide bonds. The maximum absolute atomic E-state index is 9.43. The lowest BCUT2D eigenvalue weighted by atomic mass is 9.68. The molecule has 3 heterocycles. The molecule has 0 aliphatic heterocycles. The first-order chi connectivity index (χ1) is 20.1. The third kappa shape index (κ3) is 4.08. The molecule has 3 aromatic heterocycles. The maximum atomic E-state index is 9.43. The molecule has 1 saturated carbocycles. The van der Waals surface area contributed by atoms with Gasteiger partial charge in [-0.25, -0.2) is 0 Å². The van der Waals surface area contributed by atoms with Crippen molar-refractivity contribution in [1.82, 2.24) is 0 Å². The first kappa shape index (κ1) is 26.2. The standard InChI is InChI=1S/C34H26N4S3/c35-16-24(17-36)20-6-4-8-22(12-20)27-14-26-31(39-27)33-30(34(26)10-2-1-3-11-34)32-29(41-33)15-28(40-32)23-9-5-7-21(13-23)25(18-37)19-38/h12-15H,1-11H2. The van der Waals surface area contributed by atoms with Crippen LogP contribution in [0.25, 0.3) is 30.3 Å². The number of hydrogen-bond donors (Lipinski definition) is 0. The van der Waals surface area contributed by atoms with E-state index in [4.69, 9.17) is 0 Å². The SMILES string of the molecule is N#CC(C#N)=C1C=C(c2cc3c(s2)-c2sc4cc(C5=CC(=C(C#N)C#N)CCC5)sc4c2C32CCCCC2)CCC1. The van der Waals surface area contributed by atoms with Crippen LogP contribution in [-0.2, 0) is 5.41 Å². The zero-order chi connectivity index (χ0) is 28.1. The molecule has 0 N–H and O–H groups in total. The lowest BCUT2D eigenvalue weighted by molar-refractivity contribution is 0.356. The Hall–Kier alpha value is -3.72. The summed E-state index contributed by atoms with van der Waals surface area (Å²) in [4.78, 5) is 5.45. The lowest BCUT2D eigenvalue weighted by Crippen LogP contribution is -2.27. The molecule has 0 saturated heterocycles. The van der Waals surface area contributed by atoms with Crippen LogP contribution >= 0.6 is 34.0 Å². The van der Waals surface area contributed by atoms with E-state index in [1.165, 1.54) is 77.7 Å². The summed E-state index contributed by atoms with van der Waals surface area (Å²) in [5.74, 6) is 0. The monoisotopic (exact) mass is 586 g/mol. The molecule has 0 radical (unpaired) electrons. The average Bonchev–Trinajstić information content (AvgIpc) is 3.76. The quantitative estimate of drug-likeness (QED) is 0.279. The summed E-state index contributed by atoms with van der Waals surface area (Å²) in [7, 11) is 0. The number of fused-ring (bicyclic) bond motifs is 7. The molecule has 1 fully saturated rings. The van der Waals surface area contributed by atoms with Gasteiger partial charge in [-0.15, -0.1) is 34.0 Å². The Morgan fingerprint density at radius 2 is 1.22 bits per heavy atom. The minimum absolute atomic E-state index is 0.0667. The second-order valence-electron chi connectivity index (χ2n) is 11.4. The van der Waals surface area contributed by atoms with Crippen LogP contribution in [0, 0.1) is 45.3 Å². The highest BCUT2D eigenvalue weighted by Crippen LogP contribution is 2.64. The highest BCUT2D eigenvalue weighted by Gasteiger charge is 2.48. The largest absolute Gasteiger partial charge is 0.192 e. The minimum atomic E-state index is 0.0667. The minimum Gasteiger partial charge on any atom is -0.192 e. The summed E-state index contributed by atoms with van der Waals surface area (Å²) in [6.45, 7) is 0. The van der Waals surface area contributed by atoms with Crippen LogP contribution in [0.5, 0.6) is 0 Å². The van der Waals surface area contributed by atoms with Crippen LogP contribution in [0.3, 0.4) is 0 Å². The Labute approximate surface area is 252 Å². The van der Waals surface area contributed by atoms with Crippen molar-refractivity contribution < 1.29 is 0 Å². The molecule has 0 aromatic carbocycles. The van der Waals surface area contributed by atoms with E-state index < -0.39 is 0 Å². The summed E-state index contributed by atoms with van der Waals surface area (Å²) in [6.07, 6.45) is 15.9. The van der Waals surface area contributed by atoms with Gasteiger partial charge in [-0.2, -0.15) is 21.0 Å². The van der Waals surface area contributed by atoms with Crippen LogP contribution < -0.4 is 0 Å². The van der Waals surface area contributed by atoms with E-state index in [2.05, 4.69) is 48.6 Å². The highest BCUT2D eigenvalue weighted by molar-refractivity contribution is 7.32. The zero-order valence-corrected chi connectivity index (χ0v) is 25.1. The molecule has 4 nitrogen and oxygen atoms in total. The fourth-order valence-corrected chi connectivity index (χ4v) is 11.6. The van der Waals surface area contributed by atoms with Gasteiger partial charge in [0.25, 0.3) is 0 Å². The molecule has 7 rings (SSSR count). The number of hydrogen-bond acceptors (Lipinski definition) is 7. The van der Waals surface area contributed by atoms with Crippen molar-refractivity contribution in [2.24, 2.45) is 0 Å². The van der Waals surface area contributed by atoms with Crippen molar-refractivity contribution in [1.29, 1.82) is 21.0 Å². The van der Waals surface area contributed by atoms with Crippen LogP contribution in [0.15, 0.2) is 46.6 Å². The van der Waals surface area contributed by atoms with Gasteiger partial charge in [-0.1, -0.05) is 31.4 Å². The first-order valence-electron chi connectivity index (χ1n) is 14.3. The molecule has 0 bridgehead atoms. The van der Waals surface area contributed by atoms with Gasteiger partial charge in [0.2, 0.25) is 0 Å². The van der Waals surface area contributed by atoms with Gasteiger partial charge in [-0.05, 0) is 91.4 Å². The summed E-state index contributed by atoms with van der Waals surface area (Å²) in [5.41, 5.74) is 7.90. The zero-order valence-electron chi connectivity index (χ0n) is 22.6. The molecule has 7 heteroatoms. The number of nitriles is 4. The molecule has 3 aromatic rings. The van der Waals surface area contributed by atoms with Crippen LogP contribution in [0.4, 0.5) is 0 Å². The summed E-state index contributed by atoms with van der Waals surface area (Å²) in [5, 5.41) is 37.7. The summed E-state index contributed by atoms with van der Waals surface area (Å²) < 4.78 is 2.78. The van der Waals surface area contributed by atoms with E-state index in [1.807, 2.05) is 34.0 Å². The molecular weight excluding hydrogens is 561 g/mol. The Balaban J connectivity index is 1.35. The van der Waals surface area contributed by atoms with Gasteiger partial charge < -0.3 is 0 Å². The molecule has 0 atom stereocenters. The predicted octanol–water partition coefficient (Wildman–Crippen LogP) is 10.1. The maximum Gasteiger partial charge on any atom is 0.132 e. The number of rotatable bonds is 2. The Morgan fingerprint density at radius 3 is 1.80 bits per heavy atom. The third-order valence-corrected chi connectivity index (χ3v) is 13.1. The van der Waals surface area contributed by atoms with E-state index >= 15 is 0 Å². The second-order valence-corrected chi connectivity index (χ2v) is 14.6. The van der Waals surface area contributed by atoms with Gasteiger partial charge >= 0.3 is 0 Å². The van der Waals surface area contributed by atoms with E-state index in [-0.39, 0.29) is 16.6 Å². The van der Waals surface area contributed by atoms with Crippen molar-refractivity contribution in [3.63, 3.8) is 0 Å². The predicted molar refractivity (Wildman–Crippen MR) is 167 cm³/mol. The van der Waals surface area contributed by atoms with Crippen molar-refractivity contribution >= 4 is 54.6 Å². The third-order valence-electron chi connectivity index (χ3n) is 9.21. The fourth-order valence-electron chi connectivity index (χ4n) is 7.29. The second kappa shape index (κ2) is 10.3.